The number of fused-ring (bicyclic) bond motifs is 6. The van der Waals surface area contributed by atoms with Crippen LogP contribution in [0.1, 0.15) is 106 Å². The fourth-order valence-corrected chi connectivity index (χ4v) is 5.62. The first-order chi connectivity index (χ1) is 16.7. The average Bonchev–Trinajstić information content (AvgIpc) is 2.79. The summed E-state index contributed by atoms with van der Waals surface area (Å²) in [5, 5.41) is 3.01. The van der Waals surface area contributed by atoms with Gasteiger partial charge in [0.2, 0.25) is 12.6 Å². The highest BCUT2D eigenvalue weighted by molar-refractivity contribution is 5.52. The molecule has 2 aliphatic rings. The van der Waals surface area contributed by atoms with E-state index in [4.69, 9.17) is 14.2 Å². The smallest absolute Gasteiger partial charge is 0.233 e. The SMILES string of the molecule is CCCCC(C)Cc1cc(C)c2c(c1)C1Oc3c(C)cc(CC(C)(C)CCCN=O)cc3C(O2)O1. The summed E-state index contributed by atoms with van der Waals surface area (Å²) < 4.78 is 19.2. The predicted octanol–water partition coefficient (Wildman–Crippen LogP) is 8.29. The number of benzene rings is 2. The summed E-state index contributed by atoms with van der Waals surface area (Å²) in [6.07, 6.45) is 6.58. The molecule has 0 aliphatic carbocycles. The van der Waals surface area contributed by atoms with Crippen LogP contribution in [0.5, 0.6) is 11.5 Å². The highest BCUT2D eigenvalue weighted by Crippen LogP contribution is 2.50. The first-order valence-corrected chi connectivity index (χ1v) is 13.3. The first-order valence-electron chi connectivity index (χ1n) is 13.3. The molecule has 3 unspecified atom stereocenters. The van der Waals surface area contributed by atoms with Crippen molar-refractivity contribution in [2.75, 3.05) is 6.54 Å². The van der Waals surface area contributed by atoms with Crippen molar-refractivity contribution in [2.45, 2.75) is 99.1 Å². The topological polar surface area (TPSA) is 57.1 Å². The number of rotatable bonds is 11. The Labute approximate surface area is 210 Å². The van der Waals surface area contributed by atoms with Crippen molar-refractivity contribution in [3.63, 3.8) is 0 Å². The Balaban J connectivity index is 1.56. The Hall–Kier alpha value is -2.40. The van der Waals surface area contributed by atoms with E-state index < -0.39 is 12.6 Å². The Kier molecular flexibility index (Phi) is 7.85. The van der Waals surface area contributed by atoms with Crippen LogP contribution in [0, 0.1) is 30.1 Å². The minimum Gasteiger partial charge on any atom is -0.459 e. The molecule has 0 N–H and O–H groups in total. The van der Waals surface area contributed by atoms with Gasteiger partial charge in [-0.2, -0.15) is 4.91 Å². The van der Waals surface area contributed by atoms with E-state index in [1.54, 1.807) is 0 Å². The Morgan fingerprint density at radius 3 is 2.14 bits per heavy atom. The third-order valence-corrected chi connectivity index (χ3v) is 7.35. The number of aryl methyl sites for hydroxylation is 2. The maximum absolute atomic E-state index is 10.5. The molecule has 0 radical (unpaired) electrons. The maximum atomic E-state index is 10.5. The molecule has 4 rings (SSSR count). The van der Waals surface area contributed by atoms with Gasteiger partial charge in [-0.3, -0.25) is 4.74 Å². The summed E-state index contributed by atoms with van der Waals surface area (Å²) in [4.78, 5) is 10.5. The van der Waals surface area contributed by atoms with Gasteiger partial charge in [0.1, 0.15) is 11.5 Å². The zero-order valence-electron chi connectivity index (χ0n) is 22.3. The Morgan fingerprint density at radius 2 is 1.54 bits per heavy atom. The lowest BCUT2D eigenvalue weighted by Crippen LogP contribution is -2.31. The van der Waals surface area contributed by atoms with Crippen molar-refractivity contribution in [3.8, 4) is 11.5 Å². The van der Waals surface area contributed by atoms with Gasteiger partial charge in [0.25, 0.3) is 0 Å². The zero-order valence-corrected chi connectivity index (χ0v) is 22.3. The lowest BCUT2D eigenvalue weighted by Gasteiger charge is -2.39. The molecule has 2 aromatic rings. The summed E-state index contributed by atoms with van der Waals surface area (Å²) in [5.41, 5.74) is 6.84. The lowest BCUT2D eigenvalue weighted by atomic mass is 9.81. The molecule has 35 heavy (non-hydrogen) atoms. The van der Waals surface area contributed by atoms with Crippen LogP contribution >= 0.6 is 0 Å². The van der Waals surface area contributed by atoms with Gasteiger partial charge in [0.15, 0.2) is 0 Å². The second-order valence-electron chi connectivity index (χ2n) is 11.4. The van der Waals surface area contributed by atoms with Crippen molar-refractivity contribution < 1.29 is 14.2 Å². The number of hydrogen-bond donors (Lipinski definition) is 0. The molecule has 0 saturated carbocycles. The molecule has 2 heterocycles. The molecule has 2 bridgehead atoms. The van der Waals surface area contributed by atoms with Crippen LogP contribution in [0.3, 0.4) is 0 Å². The molecule has 0 spiro atoms. The summed E-state index contributed by atoms with van der Waals surface area (Å²) in [7, 11) is 0. The molecule has 2 aliphatic heterocycles. The number of unbranched alkanes of at least 4 members (excludes halogenated alkanes) is 1. The van der Waals surface area contributed by atoms with Gasteiger partial charge in [-0.05, 0) is 85.3 Å². The van der Waals surface area contributed by atoms with Crippen LogP contribution in [0.4, 0.5) is 0 Å². The minimum atomic E-state index is -0.467. The highest BCUT2D eigenvalue weighted by Gasteiger charge is 2.40. The number of nitroso groups, excluding NO2 is 1. The third-order valence-electron chi connectivity index (χ3n) is 7.35. The van der Waals surface area contributed by atoms with E-state index in [9.17, 15) is 4.91 Å². The third kappa shape index (κ3) is 5.88. The second kappa shape index (κ2) is 10.7. The monoisotopic (exact) mass is 479 g/mol. The second-order valence-corrected chi connectivity index (χ2v) is 11.4. The minimum absolute atomic E-state index is 0.0750. The van der Waals surface area contributed by atoms with Crippen LogP contribution in [0.25, 0.3) is 0 Å². The Bertz CT molecular complexity index is 1060. The molecule has 0 saturated heterocycles. The molecule has 0 aromatic heterocycles. The molecule has 0 amide bonds. The summed E-state index contributed by atoms with van der Waals surface area (Å²) in [6, 6.07) is 8.88. The van der Waals surface area contributed by atoms with Crippen molar-refractivity contribution in [2.24, 2.45) is 16.5 Å². The average molecular weight is 480 g/mol. The number of hydrogen-bond acceptors (Lipinski definition) is 5. The van der Waals surface area contributed by atoms with Crippen molar-refractivity contribution in [1.82, 2.24) is 0 Å². The van der Waals surface area contributed by atoms with Crippen molar-refractivity contribution in [3.05, 3.63) is 62.6 Å². The first kappa shape index (κ1) is 25.7. The molecule has 5 heteroatoms. The van der Waals surface area contributed by atoms with E-state index in [1.165, 1.54) is 30.4 Å². The fourth-order valence-electron chi connectivity index (χ4n) is 5.62. The molecular weight excluding hydrogens is 438 g/mol. The van der Waals surface area contributed by atoms with Gasteiger partial charge in [-0.25, -0.2) is 0 Å². The van der Waals surface area contributed by atoms with Gasteiger partial charge in [0.05, 0.1) is 17.7 Å². The van der Waals surface area contributed by atoms with Gasteiger partial charge in [-0.15, -0.1) is 0 Å². The summed E-state index contributed by atoms with van der Waals surface area (Å²) >= 11 is 0. The number of ether oxygens (including phenoxy) is 3. The quantitative estimate of drug-likeness (QED) is 0.240. The molecule has 2 aromatic carbocycles. The molecule has 5 nitrogen and oxygen atoms in total. The van der Waals surface area contributed by atoms with Gasteiger partial charge >= 0.3 is 0 Å². The van der Waals surface area contributed by atoms with E-state index in [0.717, 1.165) is 59.4 Å². The molecular formula is C30H41NO4. The molecule has 0 fully saturated rings. The Morgan fingerprint density at radius 1 is 0.943 bits per heavy atom. The van der Waals surface area contributed by atoms with E-state index in [1.807, 2.05) is 0 Å². The highest BCUT2D eigenvalue weighted by atomic mass is 16.8. The largest absolute Gasteiger partial charge is 0.459 e. The van der Waals surface area contributed by atoms with Crippen LogP contribution < -0.4 is 9.47 Å². The van der Waals surface area contributed by atoms with Crippen LogP contribution in [0.2, 0.25) is 0 Å². The van der Waals surface area contributed by atoms with E-state index in [-0.39, 0.29) is 5.41 Å². The standard InChI is InChI=1S/C30H41NO4/c1-7-8-10-19(2)13-22-14-20(3)26-24(16-22)28-34-27-21(4)15-23(17-25(27)29(33-26)35-28)18-30(5,6)11-9-12-31-32/h14-17,19,28-29H,7-13,18H2,1-6H3. The normalized spacial score (nSPS) is 19.3. The number of nitrogens with zero attached hydrogens (tertiary/aromatic N) is 1. The predicted molar refractivity (Wildman–Crippen MR) is 140 cm³/mol. The van der Waals surface area contributed by atoms with Crippen molar-refractivity contribution >= 4 is 0 Å². The zero-order chi connectivity index (χ0) is 25.2. The van der Waals surface area contributed by atoms with Gasteiger partial charge in [0, 0.05) is 0 Å². The van der Waals surface area contributed by atoms with E-state index in [0.29, 0.717) is 12.5 Å². The van der Waals surface area contributed by atoms with Crippen LogP contribution in [-0.4, -0.2) is 6.54 Å². The lowest BCUT2D eigenvalue weighted by molar-refractivity contribution is -0.228. The maximum Gasteiger partial charge on any atom is 0.233 e. The molecule has 190 valence electrons. The summed E-state index contributed by atoms with van der Waals surface area (Å²) in [5.74, 6) is 2.42. The van der Waals surface area contributed by atoms with Gasteiger partial charge in [-0.1, -0.05) is 64.3 Å². The van der Waals surface area contributed by atoms with E-state index in [2.05, 4.69) is 71.0 Å². The summed E-state index contributed by atoms with van der Waals surface area (Å²) in [6.45, 7) is 13.7. The van der Waals surface area contributed by atoms with Crippen LogP contribution in [-0.2, 0) is 17.6 Å². The molecule has 3 atom stereocenters. The van der Waals surface area contributed by atoms with Gasteiger partial charge < -0.3 is 9.47 Å². The van der Waals surface area contributed by atoms with Crippen molar-refractivity contribution in [1.29, 1.82) is 0 Å². The van der Waals surface area contributed by atoms with E-state index >= 15 is 0 Å². The van der Waals surface area contributed by atoms with Crippen LogP contribution in [0.15, 0.2) is 29.4 Å². The fraction of sp³-hybridized carbons (Fsp3) is 0.600.